The molecule has 2 aromatic heterocycles. The number of halogens is 1. The van der Waals surface area contributed by atoms with Crippen LogP contribution < -0.4 is 5.56 Å². The van der Waals surface area contributed by atoms with Gasteiger partial charge in [-0.1, -0.05) is 42.1 Å². The highest BCUT2D eigenvalue weighted by atomic mass is 35.5. The van der Waals surface area contributed by atoms with E-state index in [2.05, 4.69) is 34.3 Å². The lowest BCUT2D eigenvalue weighted by Gasteiger charge is -2.04. The summed E-state index contributed by atoms with van der Waals surface area (Å²) in [6.07, 6.45) is 1.79. The van der Waals surface area contributed by atoms with Crippen LogP contribution in [0.1, 0.15) is 5.69 Å². The number of aromatic amines is 1. The summed E-state index contributed by atoms with van der Waals surface area (Å²) in [5.41, 5.74) is 2.87. The predicted molar refractivity (Wildman–Crippen MR) is 101 cm³/mol. The van der Waals surface area contributed by atoms with Crippen molar-refractivity contribution in [2.75, 3.05) is 0 Å². The maximum Gasteiger partial charge on any atom is 0.272 e. The number of rotatable bonds is 4. The molecule has 0 saturated carbocycles. The molecule has 6 heteroatoms. The fourth-order valence-corrected chi connectivity index (χ4v) is 3.61. The highest BCUT2D eigenvalue weighted by molar-refractivity contribution is 7.99. The minimum Gasteiger partial charge on any atom is -0.296 e. The van der Waals surface area contributed by atoms with Crippen molar-refractivity contribution in [2.24, 2.45) is 0 Å². The minimum absolute atomic E-state index is 0.164. The second-order valence-electron chi connectivity index (χ2n) is 5.50. The van der Waals surface area contributed by atoms with E-state index in [4.69, 9.17) is 11.6 Å². The van der Waals surface area contributed by atoms with Crippen molar-refractivity contribution < 1.29 is 0 Å². The van der Waals surface area contributed by atoms with Crippen LogP contribution in [0.15, 0.2) is 81.4 Å². The molecule has 0 unspecified atom stereocenters. The minimum atomic E-state index is -0.164. The van der Waals surface area contributed by atoms with Crippen LogP contribution in [-0.2, 0) is 5.88 Å². The second-order valence-corrected chi connectivity index (χ2v) is 6.92. The molecular weight excluding hydrogens is 354 g/mol. The first kappa shape index (κ1) is 16.0. The highest BCUT2D eigenvalue weighted by Gasteiger charge is 2.10. The molecule has 25 heavy (non-hydrogen) atoms. The van der Waals surface area contributed by atoms with Gasteiger partial charge in [0, 0.05) is 27.6 Å². The van der Waals surface area contributed by atoms with Gasteiger partial charge in [-0.2, -0.15) is 0 Å². The van der Waals surface area contributed by atoms with E-state index >= 15 is 0 Å². The van der Waals surface area contributed by atoms with Crippen molar-refractivity contribution >= 4 is 29.0 Å². The zero-order chi connectivity index (χ0) is 17.2. The van der Waals surface area contributed by atoms with Crippen LogP contribution in [0.25, 0.3) is 16.8 Å². The summed E-state index contributed by atoms with van der Waals surface area (Å²) in [7, 11) is 0. The average molecular weight is 368 g/mol. The number of nitrogens with one attached hydrogen (secondary N) is 1. The fourth-order valence-electron chi connectivity index (χ4n) is 2.64. The maximum absolute atomic E-state index is 12.1. The Morgan fingerprint density at radius 3 is 2.48 bits per heavy atom. The lowest BCUT2D eigenvalue weighted by Crippen LogP contribution is -2.15. The van der Waals surface area contributed by atoms with E-state index < -0.39 is 0 Å². The number of hydrogen-bond donors (Lipinski definition) is 1. The summed E-state index contributed by atoms with van der Waals surface area (Å²) in [4.78, 5) is 18.9. The highest BCUT2D eigenvalue weighted by Crippen LogP contribution is 2.30. The van der Waals surface area contributed by atoms with E-state index in [-0.39, 0.29) is 11.4 Å². The fraction of sp³-hybridized carbons (Fsp3) is 0.0526. The van der Waals surface area contributed by atoms with E-state index in [1.165, 1.54) is 15.5 Å². The molecule has 4 nitrogen and oxygen atoms in total. The van der Waals surface area contributed by atoms with Crippen molar-refractivity contribution in [3.8, 4) is 11.1 Å². The van der Waals surface area contributed by atoms with Gasteiger partial charge in [-0.3, -0.25) is 9.89 Å². The SMILES string of the molecule is O=c1cc(CCl)nc2c(-c3ccc(Sc4ccccc4)cc3)c[nH]n12. The standard InChI is InChI=1S/C19H14ClN3OS/c20-11-14-10-18(24)23-19(22-14)17(12-21-23)13-6-8-16(9-7-13)25-15-4-2-1-3-5-15/h1-10,12,21H,11H2. The quantitative estimate of drug-likeness (QED) is 0.537. The molecule has 124 valence electrons. The molecule has 2 heterocycles. The largest absolute Gasteiger partial charge is 0.296 e. The van der Waals surface area contributed by atoms with E-state index in [1.807, 2.05) is 30.3 Å². The zero-order valence-corrected chi connectivity index (χ0v) is 14.7. The van der Waals surface area contributed by atoms with Crippen LogP contribution in [-0.4, -0.2) is 14.6 Å². The Morgan fingerprint density at radius 1 is 1.04 bits per heavy atom. The molecule has 0 radical (unpaired) electrons. The molecule has 0 fully saturated rings. The molecule has 0 amide bonds. The predicted octanol–water partition coefficient (Wildman–Crippen LogP) is 4.58. The van der Waals surface area contributed by atoms with E-state index in [0.717, 1.165) is 16.0 Å². The molecule has 0 aliphatic rings. The van der Waals surface area contributed by atoms with Gasteiger partial charge in [-0.25, -0.2) is 9.50 Å². The van der Waals surface area contributed by atoms with Gasteiger partial charge in [0.25, 0.3) is 5.56 Å². The summed E-state index contributed by atoms with van der Waals surface area (Å²) >= 11 is 7.55. The monoisotopic (exact) mass is 367 g/mol. The molecule has 2 aromatic carbocycles. The third kappa shape index (κ3) is 3.21. The molecule has 0 aliphatic heterocycles. The van der Waals surface area contributed by atoms with Crippen LogP contribution in [0, 0.1) is 0 Å². The number of hydrogen-bond acceptors (Lipinski definition) is 3. The average Bonchev–Trinajstić information content (AvgIpc) is 3.08. The molecule has 0 aliphatic carbocycles. The number of fused-ring (bicyclic) bond motifs is 1. The first-order chi connectivity index (χ1) is 12.2. The first-order valence-electron chi connectivity index (χ1n) is 7.74. The third-order valence-corrected chi connectivity index (χ3v) is 5.12. The van der Waals surface area contributed by atoms with Gasteiger partial charge in [0.1, 0.15) is 0 Å². The number of nitrogens with zero attached hydrogens (tertiary/aromatic N) is 2. The molecule has 4 rings (SSSR count). The summed E-state index contributed by atoms with van der Waals surface area (Å²) in [5, 5.41) is 2.95. The van der Waals surface area contributed by atoms with E-state index in [1.54, 1.807) is 18.0 Å². The summed E-state index contributed by atoms with van der Waals surface area (Å²) in [6.45, 7) is 0. The first-order valence-corrected chi connectivity index (χ1v) is 9.09. The molecule has 0 saturated heterocycles. The normalized spacial score (nSPS) is 11.1. The summed E-state index contributed by atoms with van der Waals surface area (Å²) in [6, 6.07) is 19.9. The maximum atomic E-state index is 12.1. The summed E-state index contributed by atoms with van der Waals surface area (Å²) in [5.74, 6) is 0.211. The van der Waals surface area contributed by atoms with Crippen molar-refractivity contribution in [2.45, 2.75) is 15.7 Å². The van der Waals surface area contributed by atoms with Crippen molar-refractivity contribution in [1.82, 2.24) is 14.6 Å². The Morgan fingerprint density at radius 2 is 1.76 bits per heavy atom. The number of aromatic nitrogens is 3. The van der Waals surface area contributed by atoms with Crippen molar-refractivity contribution in [1.29, 1.82) is 0 Å². The molecular formula is C19H14ClN3OS. The Bertz CT molecular complexity index is 1070. The van der Waals surface area contributed by atoms with Crippen molar-refractivity contribution in [3.05, 3.63) is 82.9 Å². The van der Waals surface area contributed by atoms with Crippen LogP contribution in [0.2, 0.25) is 0 Å². The van der Waals surface area contributed by atoms with Gasteiger partial charge in [-0.15, -0.1) is 11.6 Å². The van der Waals surface area contributed by atoms with Crippen LogP contribution >= 0.6 is 23.4 Å². The lowest BCUT2D eigenvalue weighted by molar-refractivity contribution is 0.888. The third-order valence-electron chi connectivity index (χ3n) is 3.83. The Balaban J connectivity index is 1.69. The van der Waals surface area contributed by atoms with E-state index in [0.29, 0.717) is 11.3 Å². The van der Waals surface area contributed by atoms with E-state index in [9.17, 15) is 4.79 Å². The van der Waals surface area contributed by atoms with Crippen LogP contribution in [0.5, 0.6) is 0 Å². The Hall–Kier alpha value is -2.50. The Labute approximate surface area is 153 Å². The van der Waals surface area contributed by atoms with Crippen molar-refractivity contribution in [3.63, 3.8) is 0 Å². The van der Waals surface area contributed by atoms with Gasteiger partial charge in [-0.05, 0) is 29.8 Å². The number of benzene rings is 2. The van der Waals surface area contributed by atoms with Gasteiger partial charge >= 0.3 is 0 Å². The molecule has 0 atom stereocenters. The smallest absolute Gasteiger partial charge is 0.272 e. The number of alkyl halides is 1. The van der Waals surface area contributed by atoms with Crippen LogP contribution in [0.4, 0.5) is 0 Å². The second kappa shape index (κ2) is 6.78. The van der Waals surface area contributed by atoms with Crippen LogP contribution in [0.3, 0.4) is 0 Å². The number of H-pyrrole nitrogens is 1. The molecule has 4 aromatic rings. The molecule has 1 N–H and O–H groups in total. The van der Waals surface area contributed by atoms with Gasteiger partial charge in [0.15, 0.2) is 5.65 Å². The molecule has 0 spiro atoms. The van der Waals surface area contributed by atoms with Gasteiger partial charge in [0.2, 0.25) is 0 Å². The summed E-state index contributed by atoms with van der Waals surface area (Å²) < 4.78 is 1.43. The molecule has 0 bridgehead atoms. The van der Waals surface area contributed by atoms with Gasteiger partial charge in [0.05, 0.1) is 11.6 Å². The van der Waals surface area contributed by atoms with Gasteiger partial charge < -0.3 is 0 Å². The zero-order valence-electron chi connectivity index (χ0n) is 13.1. The lowest BCUT2D eigenvalue weighted by atomic mass is 10.1. The topological polar surface area (TPSA) is 50.2 Å². The Kier molecular flexibility index (Phi) is 4.34.